The highest BCUT2D eigenvalue weighted by Crippen LogP contribution is 2.40. The molecule has 1 aliphatic heterocycles. The summed E-state index contributed by atoms with van der Waals surface area (Å²) < 4.78 is 1.06. The van der Waals surface area contributed by atoms with E-state index in [1.807, 2.05) is 23.5 Å². The third-order valence-electron chi connectivity index (χ3n) is 6.23. The van der Waals surface area contributed by atoms with Crippen LogP contribution >= 0.6 is 27.3 Å². The van der Waals surface area contributed by atoms with Gasteiger partial charge in [-0.25, -0.2) is 9.97 Å². The molecule has 152 valence electrons. The number of rotatable bonds is 5. The zero-order chi connectivity index (χ0) is 19.8. The molecule has 3 aromatic rings. The monoisotopic (exact) mass is 471 g/mol. The molecule has 0 amide bonds. The van der Waals surface area contributed by atoms with Gasteiger partial charge < -0.3 is 15.5 Å². The number of likely N-dealkylation sites (N-methyl/N-ethyl adjacent to an activating group) is 1. The highest BCUT2D eigenvalue weighted by atomic mass is 79.9. The quantitative estimate of drug-likeness (QED) is 0.569. The van der Waals surface area contributed by atoms with E-state index in [0.29, 0.717) is 6.04 Å². The predicted octanol–water partition coefficient (Wildman–Crippen LogP) is 4.60. The number of thiophene rings is 1. The molecule has 0 saturated carbocycles. The highest BCUT2D eigenvalue weighted by Gasteiger charge is 2.28. The van der Waals surface area contributed by atoms with Crippen molar-refractivity contribution >= 4 is 49.0 Å². The number of benzene rings is 1. The summed E-state index contributed by atoms with van der Waals surface area (Å²) in [5.74, 6) is 1.68. The summed E-state index contributed by atoms with van der Waals surface area (Å²) in [6, 6.07) is 8.89. The van der Waals surface area contributed by atoms with Crippen LogP contribution in [-0.4, -0.2) is 47.6 Å². The maximum atomic E-state index is 4.59. The van der Waals surface area contributed by atoms with Gasteiger partial charge in [0.05, 0.1) is 5.39 Å². The minimum absolute atomic E-state index is 0.667. The SMILES string of the molecule is CNC1CCN(CC2CCc3c(sc4ncnc(Nc5cccc(Br)c5)c34)C2)C1. The number of likely N-dealkylation sites (tertiary alicyclic amines) is 1. The van der Waals surface area contributed by atoms with Gasteiger partial charge in [0.2, 0.25) is 0 Å². The van der Waals surface area contributed by atoms with Crippen LogP contribution in [0.25, 0.3) is 10.2 Å². The number of aryl methyl sites for hydroxylation is 1. The molecule has 5 nitrogen and oxygen atoms in total. The fourth-order valence-electron chi connectivity index (χ4n) is 4.73. The van der Waals surface area contributed by atoms with E-state index in [9.17, 15) is 0 Å². The Morgan fingerprint density at radius 2 is 2.21 bits per heavy atom. The van der Waals surface area contributed by atoms with Crippen LogP contribution in [0.5, 0.6) is 0 Å². The molecule has 2 unspecified atom stereocenters. The molecule has 1 aliphatic carbocycles. The lowest BCUT2D eigenvalue weighted by molar-refractivity contribution is 0.258. The molecular weight excluding hydrogens is 446 g/mol. The minimum Gasteiger partial charge on any atom is -0.340 e. The number of anilines is 2. The van der Waals surface area contributed by atoms with Gasteiger partial charge >= 0.3 is 0 Å². The second kappa shape index (κ2) is 8.30. The first kappa shape index (κ1) is 19.4. The van der Waals surface area contributed by atoms with Crippen LogP contribution in [0.3, 0.4) is 0 Å². The van der Waals surface area contributed by atoms with Crippen molar-refractivity contribution in [2.75, 3.05) is 32.0 Å². The lowest BCUT2D eigenvalue weighted by Crippen LogP contribution is -2.33. The third-order valence-corrected chi connectivity index (χ3v) is 7.89. The molecule has 2 aliphatic rings. The maximum Gasteiger partial charge on any atom is 0.142 e. The molecule has 3 heterocycles. The van der Waals surface area contributed by atoms with Crippen LogP contribution in [0.1, 0.15) is 23.3 Å². The molecule has 1 fully saturated rings. The molecule has 2 atom stereocenters. The van der Waals surface area contributed by atoms with Gasteiger partial charge in [-0.05, 0) is 69.0 Å². The van der Waals surface area contributed by atoms with Gasteiger partial charge in [0.1, 0.15) is 17.0 Å². The fraction of sp³-hybridized carbons (Fsp3) is 0.455. The molecule has 7 heteroatoms. The van der Waals surface area contributed by atoms with Crippen molar-refractivity contribution in [2.24, 2.45) is 5.92 Å². The van der Waals surface area contributed by atoms with Gasteiger partial charge in [-0.3, -0.25) is 0 Å². The number of halogens is 1. The summed E-state index contributed by atoms with van der Waals surface area (Å²) in [6.45, 7) is 3.65. The number of fused-ring (bicyclic) bond motifs is 3. The molecule has 0 bridgehead atoms. The lowest BCUT2D eigenvalue weighted by atomic mass is 9.87. The average Bonchev–Trinajstić information content (AvgIpc) is 3.32. The Morgan fingerprint density at radius 3 is 3.03 bits per heavy atom. The van der Waals surface area contributed by atoms with Crippen molar-refractivity contribution in [3.8, 4) is 0 Å². The molecular formula is C22H26BrN5S. The summed E-state index contributed by atoms with van der Waals surface area (Å²) >= 11 is 5.41. The Labute approximate surface area is 184 Å². The lowest BCUT2D eigenvalue weighted by Gasteiger charge is -2.27. The first-order valence-corrected chi connectivity index (χ1v) is 12.0. The Hall–Kier alpha value is -1.54. The van der Waals surface area contributed by atoms with Crippen LogP contribution < -0.4 is 10.6 Å². The van der Waals surface area contributed by atoms with Crippen molar-refractivity contribution in [3.63, 3.8) is 0 Å². The topological polar surface area (TPSA) is 53.1 Å². The molecule has 5 rings (SSSR count). The number of nitrogens with zero attached hydrogens (tertiary/aromatic N) is 3. The Kier molecular flexibility index (Phi) is 5.56. The van der Waals surface area contributed by atoms with Gasteiger partial charge in [0.25, 0.3) is 0 Å². The molecule has 1 saturated heterocycles. The standard InChI is InChI=1S/C22H26BrN5S/c1-24-17-7-8-28(12-17)11-14-5-6-18-19(9-14)29-22-20(18)21(25-13-26-22)27-16-4-2-3-15(23)10-16/h2-4,10,13-14,17,24H,5-9,11-12H2,1H3,(H,25,26,27). The highest BCUT2D eigenvalue weighted by molar-refractivity contribution is 9.10. The fourth-order valence-corrected chi connectivity index (χ4v) is 6.43. The van der Waals surface area contributed by atoms with Crippen molar-refractivity contribution in [1.82, 2.24) is 20.2 Å². The first-order valence-electron chi connectivity index (χ1n) is 10.4. The Balaban J connectivity index is 1.37. The third kappa shape index (κ3) is 4.06. The second-order valence-corrected chi connectivity index (χ2v) is 10.2. The van der Waals surface area contributed by atoms with E-state index in [1.54, 1.807) is 6.33 Å². The van der Waals surface area contributed by atoms with Gasteiger partial charge in [-0.1, -0.05) is 22.0 Å². The van der Waals surface area contributed by atoms with Gasteiger partial charge in [-0.2, -0.15) is 0 Å². The number of hydrogen-bond acceptors (Lipinski definition) is 6. The molecule has 2 N–H and O–H groups in total. The summed E-state index contributed by atoms with van der Waals surface area (Å²) in [5, 5.41) is 8.17. The van der Waals surface area contributed by atoms with Crippen LogP contribution in [0.4, 0.5) is 11.5 Å². The normalized spacial score (nSPS) is 22.1. The molecule has 1 aromatic carbocycles. The largest absolute Gasteiger partial charge is 0.340 e. The first-order chi connectivity index (χ1) is 14.2. The number of hydrogen-bond donors (Lipinski definition) is 2. The minimum atomic E-state index is 0.667. The van der Waals surface area contributed by atoms with Gasteiger partial charge in [-0.15, -0.1) is 11.3 Å². The predicted molar refractivity (Wildman–Crippen MR) is 124 cm³/mol. The van der Waals surface area contributed by atoms with Gasteiger partial charge in [0.15, 0.2) is 0 Å². The van der Waals surface area contributed by atoms with E-state index < -0.39 is 0 Å². The zero-order valence-electron chi connectivity index (χ0n) is 16.6. The van der Waals surface area contributed by atoms with E-state index in [0.717, 1.165) is 33.1 Å². The van der Waals surface area contributed by atoms with Crippen LogP contribution in [0.2, 0.25) is 0 Å². The Bertz CT molecular complexity index is 1020. The smallest absolute Gasteiger partial charge is 0.142 e. The Morgan fingerprint density at radius 1 is 1.28 bits per heavy atom. The zero-order valence-corrected chi connectivity index (χ0v) is 19.0. The van der Waals surface area contributed by atoms with Crippen molar-refractivity contribution in [2.45, 2.75) is 31.7 Å². The van der Waals surface area contributed by atoms with Crippen LogP contribution in [0, 0.1) is 5.92 Å². The van der Waals surface area contributed by atoms with E-state index in [2.05, 4.69) is 60.6 Å². The number of nitrogens with one attached hydrogen (secondary N) is 2. The molecule has 29 heavy (non-hydrogen) atoms. The van der Waals surface area contributed by atoms with E-state index in [-0.39, 0.29) is 0 Å². The van der Waals surface area contributed by atoms with E-state index in [1.165, 1.54) is 54.7 Å². The second-order valence-electron chi connectivity index (χ2n) is 8.18. The van der Waals surface area contributed by atoms with Crippen molar-refractivity contribution in [1.29, 1.82) is 0 Å². The average molecular weight is 472 g/mol. The van der Waals surface area contributed by atoms with Crippen LogP contribution in [-0.2, 0) is 12.8 Å². The summed E-state index contributed by atoms with van der Waals surface area (Å²) in [5.41, 5.74) is 2.51. The van der Waals surface area contributed by atoms with Crippen molar-refractivity contribution in [3.05, 3.63) is 45.5 Å². The van der Waals surface area contributed by atoms with Crippen LogP contribution in [0.15, 0.2) is 35.1 Å². The summed E-state index contributed by atoms with van der Waals surface area (Å²) in [7, 11) is 2.08. The van der Waals surface area contributed by atoms with E-state index >= 15 is 0 Å². The molecule has 2 aromatic heterocycles. The number of aromatic nitrogens is 2. The van der Waals surface area contributed by atoms with E-state index in [4.69, 9.17) is 0 Å². The molecule has 0 radical (unpaired) electrons. The maximum absolute atomic E-state index is 4.59. The summed E-state index contributed by atoms with van der Waals surface area (Å²) in [6.07, 6.45) is 6.52. The van der Waals surface area contributed by atoms with Gasteiger partial charge in [0, 0.05) is 34.2 Å². The summed E-state index contributed by atoms with van der Waals surface area (Å²) in [4.78, 5) is 14.4. The molecule has 0 spiro atoms. The van der Waals surface area contributed by atoms with Crippen molar-refractivity contribution < 1.29 is 0 Å².